The van der Waals surface area contributed by atoms with Gasteiger partial charge in [0.05, 0.1) is 0 Å². The minimum Gasteiger partial charge on any atom is -0.326 e. The first-order valence-electron chi connectivity index (χ1n) is 5.57. The maximum Gasteiger partial charge on any atom is 0.224 e. The maximum atomic E-state index is 12.9. The number of hydrogen-bond donors (Lipinski definition) is 1. The van der Waals surface area contributed by atoms with Crippen molar-refractivity contribution in [1.82, 2.24) is 0 Å². The van der Waals surface area contributed by atoms with Gasteiger partial charge in [-0.2, -0.15) is 0 Å². The first kappa shape index (κ1) is 11.8. The fourth-order valence-corrected chi connectivity index (χ4v) is 1.89. The molecule has 0 spiro atoms. The lowest BCUT2D eigenvalue weighted by Crippen LogP contribution is -2.14. The summed E-state index contributed by atoms with van der Waals surface area (Å²) in [7, 11) is 0. The van der Waals surface area contributed by atoms with Crippen molar-refractivity contribution in [1.29, 1.82) is 0 Å². The number of rotatable bonds is 3. The molecule has 0 saturated carbocycles. The van der Waals surface area contributed by atoms with Crippen molar-refractivity contribution < 1.29 is 13.6 Å². The predicted octanol–water partition coefficient (Wildman–Crippen LogP) is 3.26. The minimum atomic E-state index is -0.955. The molecule has 0 aliphatic heterocycles. The molecule has 1 atom stereocenters. The Hall–Kier alpha value is -1.71. The summed E-state index contributed by atoms with van der Waals surface area (Å²) < 4.78 is 25.6. The standard InChI is InChI=1S/C13H13F2NO/c14-11-6-5-10(8-12(11)15)16-13(17)7-9-3-1-2-4-9/h1,3,5-6,8-9H,2,4,7H2,(H,16,17)/t9-/m0/s1. The van der Waals surface area contributed by atoms with Gasteiger partial charge in [-0.3, -0.25) is 4.79 Å². The summed E-state index contributed by atoms with van der Waals surface area (Å²) in [6, 6.07) is 3.33. The predicted molar refractivity (Wildman–Crippen MR) is 61.5 cm³/mol. The third kappa shape index (κ3) is 3.12. The van der Waals surface area contributed by atoms with Crippen LogP contribution in [0, 0.1) is 17.6 Å². The van der Waals surface area contributed by atoms with Gasteiger partial charge < -0.3 is 5.32 Å². The highest BCUT2D eigenvalue weighted by atomic mass is 19.2. The van der Waals surface area contributed by atoms with Crippen LogP contribution in [0.2, 0.25) is 0 Å². The molecule has 0 fully saturated rings. The molecule has 1 aliphatic carbocycles. The summed E-state index contributed by atoms with van der Waals surface area (Å²) in [5.41, 5.74) is 0.288. The summed E-state index contributed by atoms with van der Waals surface area (Å²) >= 11 is 0. The van der Waals surface area contributed by atoms with Gasteiger partial charge in [-0.25, -0.2) is 8.78 Å². The Bertz CT molecular complexity index is 457. The molecule has 4 heteroatoms. The van der Waals surface area contributed by atoms with E-state index in [1.807, 2.05) is 6.08 Å². The zero-order chi connectivity index (χ0) is 12.3. The molecule has 1 amide bonds. The number of amides is 1. The first-order valence-corrected chi connectivity index (χ1v) is 5.57. The van der Waals surface area contributed by atoms with E-state index in [0.717, 1.165) is 25.0 Å². The van der Waals surface area contributed by atoms with Crippen LogP contribution in [0.3, 0.4) is 0 Å². The van der Waals surface area contributed by atoms with Crippen LogP contribution in [0.4, 0.5) is 14.5 Å². The smallest absolute Gasteiger partial charge is 0.224 e. The molecule has 0 radical (unpaired) electrons. The average Bonchev–Trinajstić information content (AvgIpc) is 2.76. The molecule has 1 aromatic rings. The van der Waals surface area contributed by atoms with Crippen molar-refractivity contribution in [2.45, 2.75) is 19.3 Å². The highest BCUT2D eigenvalue weighted by Crippen LogP contribution is 2.21. The van der Waals surface area contributed by atoms with Gasteiger partial charge in [-0.1, -0.05) is 12.2 Å². The normalized spacial score (nSPS) is 18.4. The highest BCUT2D eigenvalue weighted by molar-refractivity contribution is 5.90. The largest absolute Gasteiger partial charge is 0.326 e. The zero-order valence-corrected chi connectivity index (χ0v) is 9.25. The number of allylic oxidation sites excluding steroid dienone is 2. The van der Waals surface area contributed by atoms with Crippen molar-refractivity contribution in [3.8, 4) is 0 Å². The van der Waals surface area contributed by atoms with Gasteiger partial charge in [0.15, 0.2) is 11.6 Å². The summed E-state index contributed by atoms with van der Waals surface area (Å²) in [4.78, 5) is 11.6. The molecule has 0 heterocycles. The van der Waals surface area contributed by atoms with E-state index in [1.54, 1.807) is 0 Å². The molecule has 1 aromatic carbocycles. The highest BCUT2D eigenvalue weighted by Gasteiger charge is 2.14. The topological polar surface area (TPSA) is 29.1 Å². The molecule has 1 aliphatic rings. The lowest BCUT2D eigenvalue weighted by atomic mass is 10.1. The number of carbonyl (C=O) groups is 1. The quantitative estimate of drug-likeness (QED) is 0.803. The SMILES string of the molecule is O=C(C[C@H]1C=CCC1)Nc1ccc(F)c(F)c1. The Balaban J connectivity index is 1.93. The van der Waals surface area contributed by atoms with E-state index in [1.165, 1.54) is 6.07 Å². The van der Waals surface area contributed by atoms with E-state index in [2.05, 4.69) is 11.4 Å². The van der Waals surface area contributed by atoms with E-state index in [-0.39, 0.29) is 17.5 Å². The van der Waals surface area contributed by atoms with Crippen LogP contribution < -0.4 is 5.32 Å². The van der Waals surface area contributed by atoms with Gasteiger partial charge in [0.2, 0.25) is 5.91 Å². The Kier molecular flexibility index (Phi) is 3.52. The van der Waals surface area contributed by atoms with Crippen LogP contribution >= 0.6 is 0 Å². The number of hydrogen-bond acceptors (Lipinski definition) is 1. The molecule has 0 bridgehead atoms. The van der Waals surface area contributed by atoms with Crippen LogP contribution in [0.1, 0.15) is 19.3 Å². The first-order chi connectivity index (χ1) is 8.15. The number of halogens is 2. The third-order valence-electron chi connectivity index (χ3n) is 2.76. The van der Waals surface area contributed by atoms with Crippen LogP contribution in [-0.2, 0) is 4.79 Å². The van der Waals surface area contributed by atoms with E-state index < -0.39 is 11.6 Å². The van der Waals surface area contributed by atoms with E-state index in [4.69, 9.17) is 0 Å². The van der Waals surface area contributed by atoms with Gasteiger partial charge in [-0.05, 0) is 30.9 Å². The molecule has 2 rings (SSSR count). The Labute approximate surface area is 98.3 Å². The van der Waals surface area contributed by atoms with Crippen molar-refractivity contribution in [3.63, 3.8) is 0 Å². The summed E-state index contributed by atoms with van der Waals surface area (Å²) in [6.07, 6.45) is 6.43. The number of carbonyl (C=O) groups excluding carboxylic acids is 1. The lowest BCUT2D eigenvalue weighted by Gasteiger charge is -2.08. The van der Waals surface area contributed by atoms with Crippen LogP contribution in [0.5, 0.6) is 0 Å². The van der Waals surface area contributed by atoms with Gasteiger partial charge in [0.1, 0.15) is 0 Å². The maximum absolute atomic E-state index is 12.9. The number of benzene rings is 1. The molecule has 1 N–H and O–H groups in total. The fraction of sp³-hybridized carbons (Fsp3) is 0.308. The van der Waals surface area contributed by atoms with Gasteiger partial charge in [-0.15, -0.1) is 0 Å². The molecule has 17 heavy (non-hydrogen) atoms. The second-order valence-electron chi connectivity index (χ2n) is 4.15. The van der Waals surface area contributed by atoms with E-state index in [0.29, 0.717) is 6.42 Å². The van der Waals surface area contributed by atoms with E-state index in [9.17, 15) is 13.6 Å². The molecule has 2 nitrogen and oxygen atoms in total. The Morgan fingerprint density at radius 2 is 2.18 bits per heavy atom. The average molecular weight is 237 g/mol. The second kappa shape index (κ2) is 5.08. The fourth-order valence-electron chi connectivity index (χ4n) is 1.89. The lowest BCUT2D eigenvalue weighted by molar-refractivity contribution is -0.116. The van der Waals surface area contributed by atoms with Crippen molar-refractivity contribution >= 4 is 11.6 Å². The van der Waals surface area contributed by atoms with Crippen molar-refractivity contribution in [2.75, 3.05) is 5.32 Å². The summed E-state index contributed by atoms with van der Waals surface area (Å²) in [5, 5.41) is 2.56. The molecular weight excluding hydrogens is 224 g/mol. The van der Waals surface area contributed by atoms with Crippen molar-refractivity contribution in [2.24, 2.45) is 5.92 Å². The molecular formula is C13H13F2NO. The third-order valence-corrected chi connectivity index (χ3v) is 2.76. The van der Waals surface area contributed by atoms with E-state index >= 15 is 0 Å². The van der Waals surface area contributed by atoms with Gasteiger partial charge >= 0.3 is 0 Å². The number of nitrogens with one attached hydrogen (secondary N) is 1. The second-order valence-corrected chi connectivity index (χ2v) is 4.15. The molecule has 0 saturated heterocycles. The Morgan fingerprint density at radius 1 is 1.35 bits per heavy atom. The number of anilines is 1. The van der Waals surface area contributed by atoms with Gasteiger partial charge in [0, 0.05) is 18.2 Å². The Morgan fingerprint density at radius 3 is 2.82 bits per heavy atom. The van der Waals surface area contributed by atoms with Crippen LogP contribution in [0.15, 0.2) is 30.4 Å². The summed E-state index contributed by atoms with van der Waals surface area (Å²) in [5.74, 6) is -1.78. The zero-order valence-electron chi connectivity index (χ0n) is 9.25. The van der Waals surface area contributed by atoms with Crippen molar-refractivity contribution in [3.05, 3.63) is 42.0 Å². The minimum absolute atomic E-state index is 0.174. The monoisotopic (exact) mass is 237 g/mol. The molecule has 0 aromatic heterocycles. The van der Waals surface area contributed by atoms with Crippen LogP contribution in [0.25, 0.3) is 0 Å². The summed E-state index contributed by atoms with van der Waals surface area (Å²) in [6.45, 7) is 0. The molecule has 90 valence electrons. The van der Waals surface area contributed by atoms with Crippen LogP contribution in [-0.4, -0.2) is 5.91 Å². The van der Waals surface area contributed by atoms with Gasteiger partial charge in [0.25, 0.3) is 0 Å². The molecule has 0 unspecified atom stereocenters.